The smallest absolute Gasteiger partial charge is 0.341 e. The number of aryl methyl sites for hydroxylation is 1. The first-order chi connectivity index (χ1) is 15.5. The van der Waals surface area contributed by atoms with Gasteiger partial charge >= 0.3 is 5.97 Å². The van der Waals surface area contributed by atoms with Crippen LogP contribution >= 0.6 is 11.3 Å². The summed E-state index contributed by atoms with van der Waals surface area (Å²) in [6.45, 7) is 9.10. The Morgan fingerprint density at radius 3 is 2.72 bits per heavy atom. The molecule has 0 spiro atoms. The van der Waals surface area contributed by atoms with Crippen molar-refractivity contribution in [2.24, 2.45) is 0 Å². The second-order valence-electron chi connectivity index (χ2n) is 7.15. The van der Waals surface area contributed by atoms with Crippen LogP contribution in [0.5, 0.6) is 0 Å². The highest BCUT2D eigenvalue weighted by Crippen LogP contribution is 2.34. The highest BCUT2D eigenvalue weighted by atomic mass is 32.1. The number of aromatic nitrogens is 2. The van der Waals surface area contributed by atoms with E-state index < -0.39 is 5.97 Å². The molecule has 10 heteroatoms. The Labute approximate surface area is 190 Å². The number of hydrogen-bond acceptors (Lipinski definition) is 9. The number of furan rings is 1. The summed E-state index contributed by atoms with van der Waals surface area (Å²) in [5.74, 6) is 0.551. The summed E-state index contributed by atoms with van der Waals surface area (Å²) in [6, 6.07) is 3.48. The van der Waals surface area contributed by atoms with Crippen LogP contribution in [0.4, 0.5) is 5.00 Å². The number of anilines is 1. The third-order valence-electron chi connectivity index (χ3n) is 4.76. The van der Waals surface area contributed by atoms with Crippen LogP contribution < -0.4 is 5.32 Å². The standard InChI is InChI=1S/C22H28N4O5S/c1-5-10-26(13-18-24-25-20(31-18)16-9-8-11-30-16)12-17(27)23-21-19(22(28)29-7-3)15(6-2)14(4)32-21/h8-9,11H,5-7,10,12-13H2,1-4H3,(H,23,27). The summed E-state index contributed by atoms with van der Waals surface area (Å²) < 4.78 is 16.2. The molecule has 0 fully saturated rings. The molecule has 1 amide bonds. The van der Waals surface area contributed by atoms with Gasteiger partial charge in [-0.05, 0) is 50.9 Å². The van der Waals surface area contributed by atoms with Gasteiger partial charge in [0, 0.05) is 4.88 Å². The van der Waals surface area contributed by atoms with Crippen LogP contribution in [0.15, 0.2) is 27.2 Å². The fraction of sp³-hybridized carbons (Fsp3) is 0.455. The van der Waals surface area contributed by atoms with E-state index in [2.05, 4.69) is 15.5 Å². The molecule has 3 aromatic heterocycles. The predicted molar refractivity (Wildman–Crippen MR) is 121 cm³/mol. The third-order valence-corrected chi connectivity index (χ3v) is 5.82. The zero-order chi connectivity index (χ0) is 23.1. The van der Waals surface area contributed by atoms with E-state index in [9.17, 15) is 9.59 Å². The minimum absolute atomic E-state index is 0.118. The van der Waals surface area contributed by atoms with Crippen LogP contribution in [-0.2, 0) is 22.5 Å². The molecular formula is C22H28N4O5S. The Bertz CT molecular complexity index is 1040. The lowest BCUT2D eigenvalue weighted by atomic mass is 10.1. The van der Waals surface area contributed by atoms with Gasteiger partial charge in [-0.2, -0.15) is 0 Å². The molecule has 1 N–H and O–H groups in total. The Hall–Kier alpha value is -2.98. The summed E-state index contributed by atoms with van der Waals surface area (Å²) in [7, 11) is 0. The highest BCUT2D eigenvalue weighted by Gasteiger charge is 2.24. The molecule has 32 heavy (non-hydrogen) atoms. The quantitative estimate of drug-likeness (QED) is 0.422. The van der Waals surface area contributed by atoms with Gasteiger partial charge in [0.25, 0.3) is 5.89 Å². The van der Waals surface area contributed by atoms with Crippen molar-refractivity contribution in [3.05, 3.63) is 40.3 Å². The first-order valence-electron chi connectivity index (χ1n) is 10.6. The Morgan fingerprint density at radius 2 is 2.06 bits per heavy atom. The van der Waals surface area contributed by atoms with Crippen molar-refractivity contribution in [2.75, 3.05) is 25.0 Å². The van der Waals surface area contributed by atoms with Gasteiger partial charge < -0.3 is 18.9 Å². The number of carbonyl (C=O) groups excluding carboxylic acids is 2. The largest absolute Gasteiger partial charge is 0.462 e. The molecule has 0 unspecified atom stereocenters. The first-order valence-corrected chi connectivity index (χ1v) is 11.5. The van der Waals surface area contributed by atoms with Crippen molar-refractivity contribution in [2.45, 2.75) is 47.1 Å². The lowest BCUT2D eigenvalue weighted by Gasteiger charge is -2.19. The molecule has 3 heterocycles. The van der Waals surface area contributed by atoms with Crippen LogP contribution in [0.3, 0.4) is 0 Å². The molecule has 0 aliphatic heterocycles. The SMILES string of the molecule is CCCN(CC(=O)Nc1sc(C)c(CC)c1C(=O)OCC)Cc1nnc(-c2ccco2)o1. The van der Waals surface area contributed by atoms with Crippen LogP contribution in [-0.4, -0.2) is 46.7 Å². The summed E-state index contributed by atoms with van der Waals surface area (Å²) in [5, 5.41) is 11.5. The highest BCUT2D eigenvalue weighted by molar-refractivity contribution is 7.16. The number of nitrogens with one attached hydrogen (secondary N) is 1. The second-order valence-corrected chi connectivity index (χ2v) is 8.38. The molecule has 0 saturated carbocycles. The fourth-order valence-electron chi connectivity index (χ4n) is 3.42. The van der Waals surface area contributed by atoms with Crippen molar-refractivity contribution in [1.29, 1.82) is 0 Å². The van der Waals surface area contributed by atoms with Gasteiger partial charge in [-0.15, -0.1) is 21.5 Å². The Morgan fingerprint density at radius 1 is 1.25 bits per heavy atom. The number of thiophene rings is 1. The van der Waals surface area contributed by atoms with Crippen LogP contribution in [0, 0.1) is 6.92 Å². The zero-order valence-electron chi connectivity index (χ0n) is 18.8. The number of nitrogens with zero attached hydrogens (tertiary/aromatic N) is 3. The topological polar surface area (TPSA) is 111 Å². The summed E-state index contributed by atoms with van der Waals surface area (Å²) in [5.41, 5.74) is 1.36. The van der Waals surface area contributed by atoms with E-state index in [1.54, 1.807) is 19.1 Å². The summed E-state index contributed by atoms with van der Waals surface area (Å²) in [4.78, 5) is 28.2. The first kappa shape index (κ1) is 23.7. The molecule has 0 aromatic carbocycles. The van der Waals surface area contributed by atoms with E-state index in [-0.39, 0.29) is 19.1 Å². The van der Waals surface area contributed by atoms with Gasteiger partial charge in [0.05, 0.1) is 31.5 Å². The van der Waals surface area contributed by atoms with Crippen molar-refractivity contribution in [3.8, 4) is 11.7 Å². The summed E-state index contributed by atoms with van der Waals surface area (Å²) >= 11 is 1.39. The van der Waals surface area contributed by atoms with Crippen LogP contribution in [0.1, 0.15) is 53.9 Å². The lowest BCUT2D eigenvalue weighted by molar-refractivity contribution is -0.117. The van der Waals surface area contributed by atoms with Crippen molar-refractivity contribution >= 4 is 28.2 Å². The van der Waals surface area contributed by atoms with E-state index in [1.165, 1.54) is 17.6 Å². The van der Waals surface area contributed by atoms with Gasteiger partial charge in [-0.1, -0.05) is 13.8 Å². The molecule has 0 atom stereocenters. The number of ether oxygens (including phenoxy) is 1. The molecule has 0 radical (unpaired) electrons. The van der Waals surface area contributed by atoms with E-state index in [1.807, 2.05) is 25.7 Å². The molecule has 0 aliphatic carbocycles. The van der Waals surface area contributed by atoms with Gasteiger partial charge in [-0.3, -0.25) is 9.69 Å². The number of hydrogen-bond donors (Lipinski definition) is 1. The maximum Gasteiger partial charge on any atom is 0.341 e. The lowest BCUT2D eigenvalue weighted by Crippen LogP contribution is -2.33. The average Bonchev–Trinajstić information content (AvgIpc) is 3.48. The third kappa shape index (κ3) is 5.63. The molecule has 3 aromatic rings. The monoisotopic (exact) mass is 460 g/mol. The van der Waals surface area contributed by atoms with Gasteiger partial charge in [0.15, 0.2) is 5.76 Å². The molecule has 0 bridgehead atoms. The van der Waals surface area contributed by atoms with E-state index in [4.69, 9.17) is 13.6 Å². The van der Waals surface area contributed by atoms with E-state index >= 15 is 0 Å². The average molecular weight is 461 g/mol. The summed E-state index contributed by atoms with van der Waals surface area (Å²) in [6.07, 6.45) is 3.07. The molecule has 0 aliphatic rings. The van der Waals surface area contributed by atoms with Crippen LogP contribution in [0.2, 0.25) is 0 Å². The van der Waals surface area contributed by atoms with Crippen molar-refractivity contribution in [1.82, 2.24) is 15.1 Å². The molecular weight excluding hydrogens is 432 g/mol. The molecule has 172 valence electrons. The number of rotatable bonds is 11. The number of esters is 1. The van der Waals surface area contributed by atoms with Crippen LogP contribution in [0.25, 0.3) is 11.7 Å². The van der Waals surface area contributed by atoms with Crippen molar-refractivity contribution in [3.63, 3.8) is 0 Å². The minimum atomic E-state index is -0.411. The van der Waals surface area contributed by atoms with Crippen molar-refractivity contribution < 1.29 is 23.2 Å². The zero-order valence-corrected chi connectivity index (χ0v) is 19.6. The predicted octanol–water partition coefficient (Wildman–Crippen LogP) is 4.29. The Balaban J connectivity index is 1.70. The van der Waals surface area contributed by atoms with Gasteiger partial charge in [-0.25, -0.2) is 4.79 Å². The van der Waals surface area contributed by atoms with E-state index in [0.717, 1.165) is 16.9 Å². The maximum absolute atomic E-state index is 12.8. The minimum Gasteiger partial charge on any atom is -0.462 e. The number of carbonyl (C=O) groups is 2. The van der Waals surface area contributed by atoms with Gasteiger partial charge in [0.2, 0.25) is 11.8 Å². The Kier molecular flexibility index (Phi) is 8.18. The fourth-order valence-corrected chi connectivity index (χ4v) is 4.57. The van der Waals surface area contributed by atoms with Gasteiger partial charge in [0.1, 0.15) is 5.00 Å². The molecule has 9 nitrogen and oxygen atoms in total. The molecule has 0 saturated heterocycles. The molecule has 3 rings (SSSR count). The normalized spacial score (nSPS) is 11.2. The maximum atomic E-state index is 12.8. The second kappa shape index (κ2) is 11.1. The number of amides is 1. The van der Waals surface area contributed by atoms with E-state index in [0.29, 0.717) is 47.6 Å².